The predicted octanol–water partition coefficient (Wildman–Crippen LogP) is 19.3. The van der Waals surface area contributed by atoms with E-state index in [4.69, 9.17) is 14.2 Å². The Morgan fingerprint density at radius 2 is 0.538 bits per heavy atom. The van der Waals surface area contributed by atoms with Gasteiger partial charge in [-0.05, 0) is 31.1 Å². The molecule has 0 fully saturated rings. The van der Waals surface area contributed by atoms with Gasteiger partial charge in [-0.1, -0.05) is 291 Å². The van der Waals surface area contributed by atoms with Crippen LogP contribution in [0.5, 0.6) is 0 Å². The SMILES string of the molecule is CCCCCCCCCCCCCCCCCCCCCC(=O)OC[C@@H](COC(=O)CCCCCCCCCCCCC(C)CC)OC(=O)CCCCCCCCCCCCC(C)CC. The third-order valence-electron chi connectivity index (χ3n) is 14.2. The summed E-state index contributed by atoms with van der Waals surface area (Å²) < 4.78 is 16.9. The molecule has 65 heavy (non-hydrogen) atoms. The van der Waals surface area contributed by atoms with Crippen molar-refractivity contribution in [3.63, 3.8) is 0 Å². The van der Waals surface area contributed by atoms with Crippen molar-refractivity contribution in [1.29, 1.82) is 0 Å². The molecule has 6 nitrogen and oxygen atoms in total. The number of ether oxygens (including phenoxy) is 3. The van der Waals surface area contributed by atoms with Gasteiger partial charge in [0.15, 0.2) is 6.10 Å². The van der Waals surface area contributed by atoms with E-state index < -0.39 is 6.10 Å². The van der Waals surface area contributed by atoms with E-state index in [0.29, 0.717) is 19.3 Å². The van der Waals surface area contributed by atoms with Gasteiger partial charge in [0.1, 0.15) is 13.2 Å². The molecule has 386 valence electrons. The van der Waals surface area contributed by atoms with Gasteiger partial charge in [0.05, 0.1) is 0 Å². The van der Waals surface area contributed by atoms with E-state index in [0.717, 1.165) is 69.6 Å². The fraction of sp³-hybridized carbons (Fsp3) is 0.949. The molecular weight excluding hydrogens is 805 g/mol. The van der Waals surface area contributed by atoms with Gasteiger partial charge >= 0.3 is 17.9 Å². The molecule has 0 N–H and O–H groups in total. The van der Waals surface area contributed by atoms with E-state index in [1.807, 2.05) is 0 Å². The summed E-state index contributed by atoms with van der Waals surface area (Å²) in [6.45, 7) is 11.5. The van der Waals surface area contributed by atoms with Crippen LogP contribution in [-0.2, 0) is 28.6 Å². The smallest absolute Gasteiger partial charge is 0.306 e. The van der Waals surface area contributed by atoms with Crippen LogP contribution >= 0.6 is 0 Å². The van der Waals surface area contributed by atoms with Gasteiger partial charge < -0.3 is 14.2 Å². The third kappa shape index (κ3) is 50.1. The van der Waals surface area contributed by atoms with E-state index in [9.17, 15) is 14.4 Å². The standard InChI is InChI=1S/C59H114O6/c1-6-9-10-11-12-13-14-15-16-17-18-19-20-21-22-29-34-39-44-49-57(60)63-52-56(65-59(62)51-46-41-36-31-26-24-28-33-38-43-48-55(5)8-3)53-64-58(61)50-45-40-35-30-25-23-27-32-37-42-47-54(4)7-2/h54-56H,6-53H2,1-5H3/t54?,55?,56-/m0/s1. The molecule has 0 spiro atoms. The summed E-state index contributed by atoms with van der Waals surface area (Å²) in [6, 6.07) is 0. The molecule has 0 aliphatic rings. The van der Waals surface area contributed by atoms with E-state index in [1.54, 1.807) is 0 Å². The summed E-state index contributed by atoms with van der Waals surface area (Å²) in [5.74, 6) is 0.896. The Morgan fingerprint density at radius 1 is 0.308 bits per heavy atom. The molecule has 0 amide bonds. The predicted molar refractivity (Wildman–Crippen MR) is 280 cm³/mol. The van der Waals surface area contributed by atoms with Crippen molar-refractivity contribution in [3.8, 4) is 0 Å². The number of carbonyl (C=O) groups is 3. The van der Waals surface area contributed by atoms with Gasteiger partial charge in [0, 0.05) is 19.3 Å². The van der Waals surface area contributed by atoms with Gasteiger partial charge in [-0.25, -0.2) is 0 Å². The summed E-state index contributed by atoms with van der Waals surface area (Å²) in [5, 5.41) is 0. The molecule has 0 aromatic rings. The molecule has 0 radical (unpaired) electrons. The minimum absolute atomic E-state index is 0.0630. The molecule has 0 bridgehead atoms. The zero-order valence-electron chi connectivity index (χ0n) is 44.6. The van der Waals surface area contributed by atoms with Crippen LogP contribution in [0.1, 0.15) is 330 Å². The molecule has 0 aliphatic carbocycles. The number of rotatable bonds is 53. The summed E-state index contributed by atoms with van der Waals surface area (Å²) >= 11 is 0. The summed E-state index contributed by atoms with van der Waals surface area (Å²) in [5.41, 5.74) is 0. The van der Waals surface area contributed by atoms with Gasteiger partial charge in [-0.15, -0.1) is 0 Å². The third-order valence-corrected chi connectivity index (χ3v) is 14.2. The molecule has 6 heteroatoms. The van der Waals surface area contributed by atoms with E-state index in [2.05, 4.69) is 34.6 Å². The van der Waals surface area contributed by atoms with Crippen molar-refractivity contribution in [3.05, 3.63) is 0 Å². The normalized spacial score (nSPS) is 12.9. The topological polar surface area (TPSA) is 78.9 Å². The van der Waals surface area contributed by atoms with Crippen LogP contribution in [0, 0.1) is 11.8 Å². The Labute approximate surface area is 406 Å². The zero-order chi connectivity index (χ0) is 47.5. The van der Waals surface area contributed by atoms with E-state index >= 15 is 0 Å². The maximum Gasteiger partial charge on any atom is 0.306 e. The van der Waals surface area contributed by atoms with Crippen LogP contribution in [0.15, 0.2) is 0 Å². The van der Waals surface area contributed by atoms with Crippen LogP contribution in [-0.4, -0.2) is 37.2 Å². The van der Waals surface area contributed by atoms with Gasteiger partial charge in [0.25, 0.3) is 0 Å². The van der Waals surface area contributed by atoms with Crippen molar-refractivity contribution in [2.45, 2.75) is 336 Å². The van der Waals surface area contributed by atoms with Crippen molar-refractivity contribution < 1.29 is 28.6 Å². The lowest BCUT2D eigenvalue weighted by Crippen LogP contribution is -2.30. The Kier molecular flexibility index (Phi) is 50.5. The Morgan fingerprint density at radius 3 is 0.800 bits per heavy atom. The molecule has 2 unspecified atom stereocenters. The second kappa shape index (κ2) is 51.8. The highest BCUT2D eigenvalue weighted by molar-refractivity contribution is 5.71. The maximum absolute atomic E-state index is 12.8. The minimum atomic E-state index is -0.763. The Hall–Kier alpha value is -1.59. The molecule has 0 aliphatic heterocycles. The summed E-state index contributed by atoms with van der Waals surface area (Å²) in [7, 11) is 0. The molecule has 0 rings (SSSR count). The van der Waals surface area contributed by atoms with E-state index in [1.165, 1.54) is 218 Å². The Bertz CT molecular complexity index is 997. The van der Waals surface area contributed by atoms with Crippen molar-refractivity contribution in [2.75, 3.05) is 13.2 Å². The average Bonchev–Trinajstić information content (AvgIpc) is 3.30. The van der Waals surface area contributed by atoms with Crippen molar-refractivity contribution in [2.24, 2.45) is 11.8 Å². The molecule has 0 aromatic heterocycles. The Balaban J connectivity index is 4.29. The monoisotopic (exact) mass is 919 g/mol. The lowest BCUT2D eigenvalue weighted by Gasteiger charge is -2.18. The van der Waals surface area contributed by atoms with Crippen molar-refractivity contribution >= 4 is 17.9 Å². The number of hydrogen-bond acceptors (Lipinski definition) is 6. The molecule has 0 heterocycles. The zero-order valence-corrected chi connectivity index (χ0v) is 44.6. The molecule has 0 saturated heterocycles. The van der Waals surface area contributed by atoms with Crippen LogP contribution in [0.2, 0.25) is 0 Å². The quantitative estimate of drug-likeness (QED) is 0.0344. The second-order valence-electron chi connectivity index (χ2n) is 20.8. The van der Waals surface area contributed by atoms with Gasteiger partial charge in [0.2, 0.25) is 0 Å². The first-order chi connectivity index (χ1) is 31.8. The second-order valence-corrected chi connectivity index (χ2v) is 20.8. The van der Waals surface area contributed by atoms with Gasteiger partial charge in [-0.2, -0.15) is 0 Å². The highest BCUT2D eigenvalue weighted by Gasteiger charge is 2.19. The molecule has 0 aromatic carbocycles. The first-order valence-electron chi connectivity index (χ1n) is 29.3. The summed E-state index contributed by atoms with van der Waals surface area (Å²) in [6.07, 6.45) is 55.1. The molecule has 0 saturated carbocycles. The van der Waals surface area contributed by atoms with Gasteiger partial charge in [-0.3, -0.25) is 14.4 Å². The fourth-order valence-corrected chi connectivity index (χ4v) is 8.99. The lowest BCUT2D eigenvalue weighted by atomic mass is 9.99. The largest absolute Gasteiger partial charge is 0.462 e. The first kappa shape index (κ1) is 63.4. The van der Waals surface area contributed by atoms with Crippen LogP contribution in [0.4, 0.5) is 0 Å². The average molecular weight is 920 g/mol. The summed E-state index contributed by atoms with van der Waals surface area (Å²) in [4.78, 5) is 38.1. The lowest BCUT2D eigenvalue weighted by molar-refractivity contribution is -0.167. The number of carbonyl (C=O) groups excluding carboxylic acids is 3. The number of unbranched alkanes of at least 4 members (excludes halogenated alkanes) is 36. The maximum atomic E-state index is 12.8. The van der Waals surface area contributed by atoms with Crippen LogP contribution < -0.4 is 0 Å². The molecule has 3 atom stereocenters. The van der Waals surface area contributed by atoms with E-state index in [-0.39, 0.29) is 31.1 Å². The first-order valence-corrected chi connectivity index (χ1v) is 29.3. The number of esters is 3. The van der Waals surface area contributed by atoms with Crippen LogP contribution in [0.25, 0.3) is 0 Å². The van der Waals surface area contributed by atoms with Crippen molar-refractivity contribution in [1.82, 2.24) is 0 Å². The van der Waals surface area contributed by atoms with Crippen LogP contribution in [0.3, 0.4) is 0 Å². The number of hydrogen-bond donors (Lipinski definition) is 0. The highest BCUT2D eigenvalue weighted by Crippen LogP contribution is 2.19. The highest BCUT2D eigenvalue weighted by atomic mass is 16.6. The minimum Gasteiger partial charge on any atom is -0.462 e. The molecular formula is C59H114O6. The fourth-order valence-electron chi connectivity index (χ4n) is 8.99.